The zero-order chi connectivity index (χ0) is 21.7. The summed E-state index contributed by atoms with van der Waals surface area (Å²) in [5, 5.41) is 13.6. The van der Waals surface area contributed by atoms with Crippen LogP contribution in [0.25, 0.3) is 0 Å². The molecule has 2 aromatic heterocycles. The first kappa shape index (κ1) is 21.8. The van der Waals surface area contributed by atoms with Gasteiger partial charge in [0.05, 0.1) is 15.6 Å². The fourth-order valence-corrected chi connectivity index (χ4v) is 2.94. The van der Waals surface area contributed by atoms with Crippen LogP contribution in [0.4, 0.5) is 11.5 Å². The third-order valence-corrected chi connectivity index (χ3v) is 4.54. The van der Waals surface area contributed by atoms with Gasteiger partial charge in [0.1, 0.15) is 17.6 Å². The van der Waals surface area contributed by atoms with Crippen molar-refractivity contribution in [2.24, 2.45) is 0 Å². The van der Waals surface area contributed by atoms with E-state index in [0.717, 1.165) is 0 Å². The monoisotopic (exact) mass is 465 g/mol. The van der Waals surface area contributed by atoms with Crippen LogP contribution in [0.5, 0.6) is 5.75 Å². The molecule has 0 saturated carbocycles. The van der Waals surface area contributed by atoms with E-state index < -0.39 is 17.9 Å². The van der Waals surface area contributed by atoms with Crippen molar-refractivity contribution >= 4 is 58.2 Å². The van der Waals surface area contributed by atoms with E-state index in [4.69, 9.17) is 39.5 Å². The van der Waals surface area contributed by atoms with E-state index in [1.807, 2.05) is 0 Å². The normalized spacial score (nSPS) is 11.5. The summed E-state index contributed by atoms with van der Waals surface area (Å²) >= 11 is 17.6. The Morgan fingerprint density at radius 2 is 1.63 bits per heavy atom. The predicted molar refractivity (Wildman–Crippen MR) is 114 cm³/mol. The van der Waals surface area contributed by atoms with Gasteiger partial charge in [-0.2, -0.15) is 0 Å². The van der Waals surface area contributed by atoms with Crippen molar-refractivity contribution in [1.29, 1.82) is 0 Å². The van der Waals surface area contributed by atoms with Gasteiger partial charge in [-0.05, 0) is 43.3 Å². The van der Waals surface area contributed by atoms with Crippen molar-refractivity contribution in [2.45, 2.75) is 13.0 Å². The van der Waals surface area contributed by atoms with Gasteiger partial charge in [-0.3, -0.25) is 9.78 Å². The van der Waals surface area contributed by atoms with Crippen LogP contribution in [0.3, 0.4) is 0 Å². The molecule has 3 rings (SSSR count). The highest BCUT2D eigenvalue weighted by Crippen LogP contribution is 2.24. The van der Waals surface area contributed by atoms with E-state index in [1.54, 1.807) is 31.2 Å². The molecular formula is C19H14Cl3N5O3. The molecule has 8 nitrogen and oxygen atoms in total. The largest absolute Gasteiger partial charge is 0.425 e. The third-order valence-electron chi connectivity index (χ3n) is 3.76. The molecular weight excluding hydrogens is 453 g/mol. The molecule has 1 amide bonds. The van der Waals surface area contributed by atoms with E-state index in [2.05, 4.69) is 25.8 Å². The van der Waals surface area contributed by atoms with Crippen LogP contribution in [0.15, 0.2) is 48.8 Å². The predicted octanol–water partition coefficient (Wildman–Crippen LogP) is 4.49. The lowest BCUT2D eigenvalue weighted by atomic mass is 10.2. The molecule has 1 unspecified atom stereocenters. The number of nitrogens with one attached hydrogen (secondary N) is 2. The SMILES string of the molecule is CC(Nc1ccc(Cl)nn1)C(=O)Oc1ccc(NC(=O)c2c(Cl)cncc2Cl)cc1. The Hall–Kier alpha value is -2.94. The molecule has 0 aliphatic carbocycles. The summed E-state index contributed by atoms with van der Waals surface area (Å²) in [5.74, 6) is -0.331. The number of benzene rings is 1. The van der Waals surface area contributed by atoms with E-state index in [-0.39, 0.29) is 20.8 Å². The average Bonchev–Trinajstić information content (AvgIpc) is 2.71. The van der Waals surface area contributed by atoms with Crippen LogP contribution in [-0.4, -0.2) is 33.1 Å². The van der Waals surface area contributed by atoms with Gasteiger partial charge in [0.2, 0.25) is 0 Å². The Morgan fingerprint density at radius 1 is 0.967 bits per heavy atom. The molecule has 2 heterocycles. The van der Waals surface area contributed by atoms with Crippen LogP contribution in [-0.2, 0) is 4.79 Å². The summed E-state index contributed by atoms with van der Waals surface area (Å²) in [5.41, 5.74) is 0.584. The van der Waals surface area contributed by atoms with Crippen LogP contribution in [0.2, 0.25) is 15.2 Å². The average molecular weight is 467 g/mol. The van der Waals surface area contributed by atoms with E-state index >= 15 is 0 Å². The number of hydrogen-bond acceptors (Lipinski definition) is 7. The molecule has 0 saturated heterocycles. The number of pyridine rings is 1. The number of carbonyl (C=O) groups excluding carboxylic acids is 2. The smallest absolute Gasteiger partial charge is 0.333 e. The summed E-state index contributed by atoms with van der Waals surface area (Å²) < 4.78 is 5.32. The molecule has 0 aliphatic heterocycles. The number of amides is 1. The molecule has 0 bridgehead atoms. The number of anilines is 2. The Balaban J connectivity index is 1.59. The van der Waals surface area contributed by atoms with E-state index in [0.29, 0.717) is 17.3 Å². The molecule has 0 spiro atoms. The maximum Gasteiger partial charge on any atom is 0.333 e. The minimum Gasteiger partial charge on any atom is -0.425 e. The molecule has 1 atom stereocenters. The van der Waals surface area contributed by atoms with Gasteiger partial charge in [0, 0.05) is 18.1 Å². The first-order chi connectivity index (χ1) is 14.3. The van der Waals surface area contributed by atoms with Crippen LogP contribution >= 0.6 is 34.8 Å². The number of ether oxygens (including phenoxy) is 1. The minimum absolute atomic E-state index is 0.119. The molecule has 30 heavy (non-hydrogen) atoms. The van der Waals surface area contributed by atoms with Crippen molar-refractivity contribution in [1.82, 2.24) is 15.2 Å². The quantitative estimate of drug-likeness (QED) is 0.407. The van der Waals surface area contributed by atoms with Crippen molar-refractivity contribution in [2.75, 3.05) is 10.6 Å². The Kier molecular flexibility index (Phi) is 7.04. The molecule has 154 valence electrons. The lowest BCUT2D eigenvalue weighted by Gasteiger charge is -2.13. The van der Waals surface area contributed by atoms with Gasteiger partial charge in [0.15, 0.2) is 5.15 Å². The van der Waals surface area contributed by atoms with Crippen LogP contribution in [0.1, 0.15) is 17.3 Å². The lowest BCUT2D eigenvalue weighted by Crippen LogP contribution is -2.30. The summed E-state index contributed by atoms with van der Waals surface area (Å²) in [6.45, 7) is 1.62. The fourth-order valence-electron chi connectivity index (χ4n) is 2.31. The van der Waals surface area contributed by atoms with Gasteiger partial charge in [-0.1, -0.05) is 34.8 Å². The summed E-state index contributed by atoms with van der Waals surface area (Å²) in [6.07, 6.45) is 2.66. The maximum absolute atomic E-state index is 12.4. The van der Waals surface area contributed by atoms with Gasteiger partial charge < -0.3 is 15.4 Å². The second kappa shape index (κ2) is 9.71. The van der Waals surface area contributed by atoms with Crippen LogP contribution in [0, 0.1) is 0 Å². The minimum atomic E-state index is -0.684. The number of halogens is 3. The summed E-state index contributed by atoms with van der Waals surface area (Å²) in [6, 6.07) is 8.69. The fraction of sp³-hybridized carbons (Fsp3) is 0.105. The van der Waals surface area contributed by atoms with E-state index in [9.17, 15) is 9.59 Å². The van der Waals surface area contributed by atoms with Crippen molar-refractivity contribution in [3.05, 3.63) is 69.6 Å². The van der Waals surface area contributed by atoms with Crippen molar-refractivity contribution < 1.29 is 14.3 Å². The van der Waals surface area contributed by atoms with Gasteiger partial charge in [-0.25, -0.2) is 4.79 Å². The zero-order valence-corrected chi connectivity index (χ0v) is 17.7. The number of nitrogens with zero attached hydrogens (tertiary/aromatic N) is 3. The molecule has 0 radical (unpaired) electrons. The molecule has 2 N–H and O–H groups in total. The number of esters is 1. The first-order valence-corrected chi connectivity index (χ1v) is 9.65. The van der Waals surface area contributed by atoms with Gasteiger partial charge >= 0.3 is 5.97 Å². The molecule has 11 heteroatoms. The number of rotatable bonds is 6. The number of hydrogen-bond donors (Lipinski definition) is 2. The number of aromatic nitrogens is 3. The maximum atomic E-state index is 12.4. The highest BCUT2D eigenvalue weighted by Gasteiger charge is 2.17. The topological polar surface area (TPSA) is 106 Å². The Bertz CT molecular complexity index is 1040. The Labute approximate surface area is 186 Å². The molecule has 0 fully saturated rings. The summed E-state index contributed by atoms with van der Waals surface area (Å²) in [4.78, 5) is 28.4. The van der Waals surface area contributed by atoms with Gasteiger partial charge in [-0.15, -0.1) is 10.2 Å². The van der Waals surface area contributed by atoms with Crippen LogP contribution < -0.4 is 15.4 Å². The van der Waals surface area contributed by atoms with Crippen molar-refractivity contribution in [3.8, 4) is 5.75 Å². The van der Waals surface area contributed by atoms with Gasteiger partial charge in [0.25, 0.3) is 5.91 Å². The zero-order valence-electron chi connectivity index (χ0n) is 15.4. The Morgan fingerprint density at radius 3 is 2.23 bits per heavy atom. The lowest BCUT2D eigenvalue weighted by molar-refractivity contribution is -0.134. The van der Waals surface area contributed by atoms with Crippen molar-refractivity contribution in [3.63, 3.8) is 0 Å². The molecule has 1 aromatic carbocycles. The van der Waals surface area contributed by atoms with E-state index in [1.165, 1.54) is 24.5 Å². The highest BCUT2D eigenvalue weighted by atomic mass is 35.5. The second-order valence-electron chi connectivity index (χ2n) is 5.99. The number of carbonyl (C=O) groups is 2. The summed E-state index contributed by atoms with van der Waals surface area (Å²) in [7, 11) is 0. The second-order valence-corrected chi connectivity index (χ2v) is 7.19. The highest BCUT2D eigenvalue weighted by molar-refractivity contribution is 6.40. The molecule has 3 aromatic rings. The third kappa shape index (κ3) is 5.56. The molecule has 0 aliphatic rings. The first-order valence-electron chi connectivity index (χ1n) is 8.51. The standard InChI is InChI=1S/C19H14Cl3N5O3/c1-10(24-16-7-6-15(22)26-27-16)19(29)30-12-4-2-11(3-5-12)25-18(28)17-13(20)8-23-9-14(17)21/h2-10H,1H3,(H,24,27)(H,25,28).